The molecule has 0 bridgehead atoms. The van der Waals surface area contributed by atoms with Gasteiger partial charge in [0.05, 0.1) is 10.6 Å². The molecule has 0 saturated carbocycles. The second-order valence-corrected chi connectivity index (χ2v) is 9.65. The zero-order valence-electron chi connectivity index (χ0n) is 14.6. The van der Waals surface area contributed by atoms with Gasteiger partial charge in [0.1, 0.15) is 4.90 Å². The van der Waals surface area contributed by atoms with Gasteiger partial charge in [-0.1, -0.05) is 54.6 Å². The molecule has 6 nitrogen and oxygen atoms in total. The maximum atomic E-state index is 12.8. The van der Waals surface area contributed by atoms with Gasteiger partial charge in [-0.05, 0) is 29.7 Å². The first-order valence-corrected chi connectivity index (χ1v) is 11.3. The maximum Gasteiger partial charge on any atom is 0.267 e. The highest BCUT2D eigenvalue weighted by Crippen LogP contribution is 2.26. The van der Waals surface area contributed by atoms with Crippen LogP contribution in [-0.4, -0.2) is 20.8 Å². The standard InChI is InChI=1S/C20H16N2O4S2/c23-27(24,21-20-12-6-8-16-7-4-5-11-19(16)20)18-13-14-22(15-18)28(25,26)17-9-2-1-3-10-17/h1-15,21H. The van der Waals surface area contributed by atoms with Crippen molar-refractivity contribution in [3.05, 3.63) is 91.3 Å². The number of anilines is 1. The summed E-state index contributed by atoms with van der Waals surface area (Å²) in [6.45, 7) is 0. The molecule has 4 rings (SSSR count). The number of fused-ring (bicyclic) bond motifs is 1. The molecule has 28 heavy (non-hydrogen) atoms. The van der Waals surface area contributed by atoms with Gasteiger partial charge in [-0.3, -0.25) is 4.72 Å². The van der Waals surface area contributed by atoms with Gasteiger partial charge in [-0.25, -0.2) is 20.8 Å². The van der Waals surface area contributed by atoms with E-state index in [1.54, 1.807) is 30.3 Å². The molecule has 8 heteroatoms. The van der Waals surface area contributed by atoms with E-state index < -0.39 is 20.0 Å². The molecule has 0 atom stereocenters. The fourth-order valence-corrected chi connectivity index (χ4v) is 5.26. The van der Waals surface area contributed by atoms with Gasteiger partial charge in [-0.2, -0.15) is 0 Å². The van der Waals surface area contributed by atoms with Gasteiger partial charge in [0.25, 0.3) is 20.0 Å². The minimum atomic E-state index is -3.96. The van der Waals surface area contributed by atoms with Crippen LogP contribution >= 0.6 is 0 Å². The molecular formula is C20H16N2O4S2. The van der Waals surface area contributed by atoms with Crippen molar-refractivity contribution in [1.82, 2.24) is 3.97 Å². The largest absolute Gasteiger partial charge is 0.279 e. The van der Waals surface area contributed by atoms with Crippen LogP contribution < -0.4 is 4.72 Å². The molecule has 3 aromatic carbocycles. The first kappa shape index (κ1) is 18.3. The van der Waals surface area contributed by atoms with Crippen molar-refractivity contribution in [1.29, 1.82) is 0 Å². The zero-order chi connectivity index (χ0) is 19.8. The summed E-state index contributed by atoms with van der Waals surface area (Å²) in [6, 6.07) is 21.8. The lowest BCUT2D eigenvalue weighted by molar-refractivity contribution is 0.587. The second-order valence-electron chi connectivity index (χ2n) is 6.13. The Kier molecular flexibility index (Phi) is 4.44. The lowest BCUT2D eigenvalue weighted by Crippen LogP contribution is -2.14. The van der Waals surface area contributed by atoms with E-state index in [0.29, 0.717) is 5.69 Å². The summed E-state index contributed by atoms with van der Waals surface area (Å²) in [6.07, 6.45) is 2.32. The molecule has 0 radical (unpaired) electrons. The molecule has 0 aliphatic rings. The van der Waals surface area contributed by atoms with Crippen LogP contribution in [0.25, 0.3) is 10.8 Å². The van der Waals surface area contributed by atoms with E-state index in [2.05, 4.69) is 4.72 Å². The number of sulfonamides is 1. The summed E-state index contributed by atoms with van der Waals surface area (Å²) in [4.78, 5) is -0.0588. The number of nitrogens with one attached hydrogen (secondary N) is 1. The zero-order valence-corrected chi connectivity index (χ0v) is 16.2. The average molecular weight is 412 g/mol. The van der Waals surface area contributed by atoms with Gasteiger partial charge < -0.3 is 0 Å². The Hall–Kier alpha value is -3.10. The van der Waals surface area contributed by atoms with Crippen LogP contribution in [-0.2, 0) is 20.0 Å². The van der Waals surface area contributed by atoms with Crippen molar-refractivity contribution in [2.75, 3.05) is 4.72 Å². The lowest BCUT2D eigenvalue weighted by atomic mass is 10.1. The molecule has 1 heterocycles. The Bertz CT molecular complexity index is 1350. The average Bonchev–Trinajstić information content (AvgIpc) is 3.21. The monoisotopic (exact) mass is 412 g/mol. The van der Waals surface area contributed by atoms with Crippen molar-refractivity contribution in [3.8, 4) is 0 Å². The number of nitrogens with zero attached hydrogens (tertiary/aromatic N) is 1. The third-order valence-electron chi connectivity index (χ3n) is 4.30. The minimum absolute atomic E-state index is 0.0801. The Morgan fingerprint density at radius 3 is 2.14 bits per heavy atom. The number of hydrogen-bond donors (Lipinski definition) is 1. The van der Waals surface area contributed by atoms with Crippen LogP contribution in [0.1, 0.15) is 0 Å². The predicted octanol–water partition coefficient (Wildman–Crippen LogP) is 3.68. The number of rotatable bonds is 5. The van der Waals surface area contributed by atoms with Crippen LogP contribution in [0.15, 0.2) is 101 Å². The quantitative estimate of drug-likeness (QED) is 0.542. The molecule has 142 valence electrons. The van der Waals surface area contributed by atoms with Gasteiger partial charge in [0, 0.05) is 17.8 Å². The second kappa shape index (κ2) is 6.81. The third kappa shape index (κ3) is 3.28. The van der Waals surface area contributed by atoms with Crippen LogP contribution in [0.3, 0.4) is 0 Å². The molecule has 1 N–H and O–H groups in total. The highest BCUT2D eigenvalue weighted by Gasteiger charge is 2.22. The van der Waals surface area contributed by atoms with Crippen molar-refractivity contribution in [2.24, 2.45) is 0 Å². The molecule has 1 aromatic heterocycles. The molecule has 0 spiro atoms. The topological polar surface area (TPSA) is 85.2 Å². The van der Waals surface area contributed by atoms with Crippen molar-refractivity contribution < 1.29 is 16.8 Å². The SMILES string of the molecule is O=S(=O)(Nc1cccc2ccccc12)c1ccn(S(=O)(=O)c2ccccc2)c1. The van der Waals surface area contributed by atoms with Crippen LogP contribution in [0, 0.1) is 0 Å². The molecule has 0 unspecified atom stereocenters. The molecule has 0 saturated heterocycles. The van der Waals surface area contributed by atoms with Crippen LogP contribution in [0.2, 0.25) is 0 Å². The van der Waals surface area contributed by atoms with Crippen molar-refractivity contribution in [2.45, 2.75) is 9.79 Å². The number of aromatic nitrogens is 1. The summed E-state index contributed by atoms with van der Waals surface area (Å²) in [5.74, 6) is 0. The fraction of sp³-hybridized carbons (Fsp3) is 0. The fourth-order valence-electron chi connectivity index (χ4n) is 2.90. The highest BCUT2D eigenvalue weighted by molar-refractivity contribution is 7.93. The van der Waals surface area contributed by atoms with E-state index in [9.17, 15) is 16.8 Å². The molecule has 4 aromatic rings. The van der Waals surface area contributed by atoms with Gasteiger partial charge in [0.15, 0.2) is 0 Å². The van der Waals surface area contributed by atoms with Gasteiger partial charge in [-0.15, -0.1) is 0 Å². The first-order chi connectivity index (χ1) is 13.4. The van der Waals surface area contributed by atoms with E-state index in [4.69, 9.17) is 0 Å². The first-order valence-electron chi connectivity index (χ1n) is 8.37. The van der Waals surface area contributed by atoms with E-state index in [1.165, 1.54) is 24.4 Å². The molecule has 0 aliphatic heterocycles. The summed E-state index contributed by atoms with van der Waals surface area (Å²) < 4.78 is 54.4. The normalized spacial score (nSPS) is 12.1. The van der Waals surface area contributed by atoms with E-state index in [-0.39, 0.29) is 9.79 Å². The van der Waals surface area contributed by atoms with E-state index >= 15 is 0 Å². The Balaban J connectivity index is 1.70. The Morgan fingerprint density at radius 1 is 0.679 bits per heavy atom. The number of benzene rings is 3. The van der Waals surface area contributed by atoms with Crippen molar-refractivity contribution >= 4 is 36.5 Å². The van der Waals surface area contributed by atoms with E-state index in [0.717, 1.165) is 20.9 Å². The molecule has 0 amide bonds. The number of hydrogen-bond acceptors (Lipinski definition) is 4. The molecule has 0 aliphatic carbocycles. The lowest BCUT2D eigenvalue weighted by Gasteiger charge is -2.10. The summed E-state index contributed by atoms with van der Waals surface area (Å²) in [5.41, 5.74) is 0.428. The summed E-state index contributed by atoms with van der Waals surface area (Å²) in [5, 5.41) is 1.65. The summed E-state index contributed by atoms with van der Waals surface area (Å²) in [7, 11) is -7.82. The molecular weight excluding hydrogens is 396 g/mol. The van der Waals surface area contributed by atoms with Crippen LogP contribution in [0.4, 0.5) is 5.69 Å². The Morgan fingerprint density at radius 2 is 1.36 bits per heavy atom. The molecule has 0 fully saturated rings. The highest BCUT2D eigenvalue weighted by atomic mass is 32.2. The van der Waals surface area contributed by atoms with Crippen molar-refractivity contribution in [3.63, 3.8) is 0 Å². The van der Waals surface area contributed by atoms with Crippen LogP contribution in [0.5, 0.6) is 0 Å². The van der Waals surface area contributed by atoms with Gasteiger partial charge in [0.2, 0.25) is 0 Å². The smallest absolute Gasteiger partial charge is 0.267 e. The Labute approximate surface area is 163 Å². The summed E-state index contributed by atoms with van der Waals surface area (Å²) >= 11 is 0. The minimum Gasteiger partial charge on any atom is -0.279 e. The van der Waals surface area contributed by atoms with E-state index in [1.807, 2.05) is 30.3 Å². The van der Waals surface area contributed by atoms with Gasteiger partial charge >= 0.3 is 0 Å². The third-order valence-corrected chi connectivity index (χ3v) is 7.30. The maximum absolute atomic E-state index is 12.8. The predicted molar refractivity (Wildman–Crippen MR) is 108 cm³/mol.